The number of sulfonamides is 1. The standard InChI is InChI=1S/C15H16N4O6S/c1-3-19-11-5-4-10(7-12(11)24-15(19)21)26(22,23)16-8-14(20)17-13-6-9(2)25-18-13/h4-7,16H,3,8H2,1-2H3,(H,17,18,20). The summed E-state index contributed by atoms with van der Waals surface area (Å²) in [5, 5.41) is 5.98. The maximum Gasteiger partial charge on any atom is 0.419 e. The van der Waals surface area contributed by atoms with Gasteiger partial charge in [-0.05, 0) is 26.0 Å². The second-order valence-corrected chi connectivity index (χ2v) is 7.20. The van der Waals surface area contributed by atoms with Gasteiger partial charge < -0.3 is 14.3 Å². The van der Waals surface area contributed by atoms with Crippen LogP contribution in [0, 0.1) is 6.92 Å². The zero-order chi connectivity index (χ0) is 18.9. The molecule has 1 amide bonds. The molecule has 0 fully saturated rings. The average molecular weight is 380 g/mol. The van der Waals surface area contributed by atoms with Crippen LogP contribution in [0.25, 0.3) is 11.1 Å². The van der Waals surface area contributed by atoms with E-state index in [1.807, 2.05) is 0 Å². The molecule has 0 aliphatic heterocycles. The van der Waals surface area contributed by atoms with Gasteiger partial charge in [0.15, 0.2) is 11.4 Å². The molecule has 3 rings (SSSR count). The van der Waals surface area contributed by atoms with Crippen molar-refractivity contribution in [3.05, 3.63) is 40.6 Å². The second kappa shape index (κ2) is 6.77. The fourth-order valence-corrected chi connectivity index (χ4v) is 3.37. The monoisotopic (exact) mass is 380 g/mol. The smallest absolute Gasteiger partial charge is 0.408 e. The highest BCUT2D eigenvalue weighted by Gasteiger charge is 2.18. The number of benzene rings is 1. The van der Waals surface area contributed by atoms with E-state index in [9.17, 15) is 18.0 Å². The molecule has 0 saturated carbocycles. The third-order valence-electron chi connectivity index (χ3n) is 3.58. The van der Waals surface area contributed by atoms with Crippen molar-refractivity contribution in [1.29, 1.82) is 0 Å². The van der Waals surface area contributed by atoms with E-state index in [-0.39, 0.29) is 16.3 Å². The molecular formula is C15H16N4O6S. The number of nitrogens with one attached hydrogen (secondary N) is 2. The average Bonchev–Trinajstić information content (AvgIpc) is 3.14. The molecule has 0 aliphatic carbocycles. The molecule has 0 bridgehead atoms. The molecule has 0 saturated heterocycles. The minimum Gasteiger partial charge on any atom is -0.408 e. The number of hydrogen-bond donors (Lipinski definition) is 2. The van der Waals surface area contributed by atoms with Crippen LogP contribution in [0.3, 0.4) is 0 Å². The number of oxazole rings is 1. The van der Waals surface area contributed by atoms with Gasteiger partial charge in [-0.2, -0.15) is 0 Å². The number of fused-ring (bicyclic) bond motifs is 1. The predicted octanol–water partition coefficient (Wildman–Crippen LogP) is 0.828. The first-order valence-electron chi connectivity index (χ1n) is 7.66. The first-order chi connectivity index (χ1) is 12.3. The van der Waals surface area contributed by atoms with Crippen molar-refractivity contribution in [3.63, 3.8) is 0 Å². The molecule has 0 aliphatic rings. The summed E-state index contributed by atoms with van der Waals surface area (Å²) < 4.78 is 38.1. The Morgan fingerprint density at radius 2 is 2.08 bits per heavy atom. The van der Waals surface area contributed by atoms with E-state index in [1.165, 1.54) is 28.8 Å². The van der Waals surface area contributed by atoms with Crippen molar-refractivity contribution in [3.8, 4) is 0 Å². The molecule has 2 N–H and O–H groups in total. The Morgan fingerprint density at radius 1 is 1.31 bits per heavy atom. The number of aryl methyl sites for hydroxylation is 2. The lowest BCUT2D eigenvalue weighted by atomic mass is 10.3. The van der Waals surface area contributed by atoms with E-state index < -0.39 is 28.2 Å². The topological polar surface area (TPSA) is 136 Å². The van der Waals surface area contributed by atoms with Gasteiger partial charge in [0.25, 0.3) is 0 Å². The lowest BCUT2D eigenvalue weighted by Crippen LogP contribution is -2.33. The number of carbonyl (C=O) groups excluding carboxylic acids is 1. The second-order valence-electron chi connectivity index (χ2n) is 5.44. The zero-order valence-corrected chi connectivity index (χ0v) is 14.8. The molecule has 0 atom stereocenters. The number of hydrogen-bond acceptors (Lipinski definition) is 7. The third-order valence-corrected chi connectivity index (χ3v) is 4.98. The van der Waals surface area contributed by atoms with Crippen molar-refractivity contribution < 1.29 is 22.2 Å². The van der Waals surface area contributed by atoms with E-state index in [2.05, 4.69) is 15.2 Å². The Morgan fingerprint density at radius 3 is 2.73 bits per heavy atom. The summed E-state index contributed by atoms with van der Waals surface area (Å²) in [6, 6.07) is 5.56. The van der Waals surface area contributed by atoms with Gasteiger partial charge in [-0.25, -0.2) is 17.9 Å². The maximum absolute atomic E-state index is 12.3. The molecule has 2 aromatic heterocycles. The van der Waals surface area contributed by atoms with Gasteiger partial charge >= 0.3 is 5.76 Å². The fraction of sp³-hybridized carbons (Fsp3) is 0.267. The number of nitrogens with zero attached hydrogens (tertiary/aromatic N) is 2. The predicted molar refractivity (Wildman–Crippen MR) is 91.2 cm³/mol. The first kappa shape index (κ1) is 17.9. The molecule has 2 heterocycles. The Hall–Kier alpha value is -2.92. The van der Waals surface area contributed by atoms with Gasteiger partial charge in [-0.1, -0.05) is 5.16 Å². The van der Waals surface area contributed by atoms with Crippen LogP contribution in [-0.4, -0.2) is 30.6 Å². The summed E-state index contributed by atoms with van der Waals surface area (Å²) in [4.78, 5) is 23.4. The van der Waals surface area contributed by atoms with Crippen LogP contribution < -0.4 is 15.8 Å². The van der Waals surface area contributed by atoms with E-state index in [4.69, 9.17) is 8.94 Å². The minimum atomic E-state index is -3.97. The van der Waals surface area contributed by atoms with Crippen LogP contribution in [0.15, 0.2) is 42.9 Å². The van der Waals surface area contributed by atoms with Crippen LogP contribution in [0.2, 0.25) is 0 Å². The summed E-state index contributed by atoms with van der Waals surface area (Å²) in [5.74, 6) is -0.468. The number of amides is 1. The van der Waals surface area contributed by atoms with Crippen molar-refractivity contribution in [2.24, 2.45) is 0 Å². The van der Waals surface area contributed by atoms with E-state index >= 15 is 0 Å². The van der Waals surface area contributed by atoms with Crippen molar-refractivity contribution in [2.45, 2.75) is 25.3 Å². The van der Waals surface area contributed by atoms with Crippen LogP contribution in [-0.2, 0) is 21.4 Å². The highest BCUT2D eigenvalue weighted by atomic mass is 32.2. The highest BCUT2D eigenvalue weighted by molar-refractivity contribution is 7.89. The summed E-state index contributed by atoms with van der Waals surface area (Å²) in [6.07, 6.45) is 0. The van der Waals surface area contributed by atoms with Gasteiger partial charge in [0, 0.05) is 18.7 Å². The van der Waals surface area contributed by atoms with Crippen molar-refractivity contribution in [2.75, 3.05) is 11.9 Å². The molecule has 1 aromatic carbocycles. The molecule has 0 spiro atoms. The highest BCUT2D eigenvalue weighted by Crippen LogP contribution is 2.18. The van der Waals surface area contributed by atoms with E-state index in [0.29, 0.717) is 17.8 Å². The van der Waals surface area contributed by atoms with Crippen molar-refractivity contribution >= 4 is 32.8 Å². The van der Waals surface area contributed by atoms with Gasteiger partial charge in [-0.15, -0.1) is 0 Å². The molecular weight excluding hydrogens is 364 g/mol. The SMILES string of the molecule is CCn1c(=O)oc2cc(S(=O)(=O)NCC(=O)Nc3cc(C)on3)ccc21. The Balaban J connectivity index is 1.74. The number of carbonyl (C=O) groups is 1. The largest absolute Gasteiger partial charge is 0.419 e. The summed E-state index contributed by atoms with van der Waals surface area (Å²) in [6.45, 7) is 3.34. The van der Waals surface area contributed by atoms with Crippen LogP contribution in [0.4, 0.5) is 5.82 Å². The van der Waals surface area contributed by atoms with Gasteiger partial charge in [0.2, 0.25) is 15.9 Å². The lowest BCUT2D eigenvalue weighted by molar-refractivity contribution is -0.115. The molecule has 10 nitrogen and oxygen atoms in total. The summed E-state index contributed by atoms with van der Waals surface area (Å²) in [5.41, 5.74) is 0.651. The Bertz CT molecular complexity index is 1120. The first-order valence-corrected chi connectivity index (χ1v) is 9.14. The summed E-state index contributed by atoms with van der Waals surface area (Å²) >= 11 is 0. The minimum absolute atomic E-state index is 0.118. The molecule has 26 heavy (non-hydrogen) atoms. The van der Waals surface area contributed by atoms with E-state index in [1.54, 1.807) is 13.8 Å². The zero-order valence-electron chi connectivity index (χ0n) is 14.0. The Kier molecular flexibility index (Phi) is 4.66. The van der Waals surface area contributed by atoms with Crippen molar-refractivity contribution in [1.82, 2.24) is 14.4 Å². The normalized spacial score (nSPS) is 11.8. The molecule has 138 valence electrons. The number of aromatic nitrogens is 2. The van der Waals surface area contributed by atoms with Gasteiger partial charge in [-0.3, -0.25) is 9.36 Å². The van der Waals surface area contributed by atoms with Gasteiger partial charge in [0.05, 0.1) is 17.0 Å². The number of rotatable bonds is 6. The maximum atomic E-state index is 12.3. The fourth-order valence-electron chi connectivity index (χ4n) is 2.37. The molecule has 11 heteroatoms. The van der Waals surface area contributed by atoms with Crippen LogP contribution in [0.5, 0.6) is 0 Å². The molecule has 0 radical (unpaired) electrons. The quantitative estimate of drug-likeness (QED) is 0.646. The number of anilines is 1. The molecule has 3 aromatic rings. The Labute approximate surface area is 147 Å². The lowest BCUT2D eigenvalue weighted by Gasteiger charge is -2.06. The summed E-state index contributed by atoms with van der Waals surface area (Å²) in [7, 11) is -3.97. The van der Waals surface area contributed by atoms with Crippen LogP contribution in [0.1, 0.15) is 12.7 Å². The van der Waals surface area contributed by atoms with E-state index in [0.717, 1.165) is 0 Å². The third kappa shape index (κ3) is 3.53. The molecule has 0 unspecified atom stereocenters. The van der Waals surface area contributed by atoms with Gasteiger partial charge in [0.1, 0.15) is 5.76 Å². The van der Waals surface area contributed by atoms with Crippen LogP contribution >= 0.6 is 0 Å².